The van der Waals surface area contributed by atoms with Gasteiger partial charge < -0.3 is 10.1 Å². The number of hydrogen-bond donors (Lipinski definition) is 1. The Morgan fingerprint density at radius 3 is 2.77 bits per heavy atom. The lowest BCUT2D eigenvalue weighted by Gasteiger charge is -2.08. The number of fused-ring (bicyclic) bond motifs is 1. The van der Waals surface area contributed by atoms with Gasteiger partial charge in [-0.3, -0.25) is 4.79 Å². The van der Waals surface area contributed by atoms with Crippen molar-refractivity contribution >= 4 is 56.3 Å². The molecule has 4 rings (SSSR count). The van der Waals surface area contributed by atoms with Crippen LogP contribution in [-0.2, 0) is 4.79 Å². The number of benzene rings is 3. The summed E-state index contributed by atoms with van der Waals surface area (Å²) in [6.45, 7) is 0.383. The molecule has 3 aromatic carbocycles. The molecule has 30 heavy (non-hydrogen) atoms. The Bertz CT molecular complexity index is 1190. The molecule has 4 nitrogen and oxygen atoms in total. The maximum atomic E-state index is 12.3. The number of ether oxygens (including phenoxy) is 1. The second kappa shape index (κ2) is 9.47. The zero-order valence-corrected chi connectivity index (χ0v) is 18.2. The van der Waals surface area contributed by atoms with E-state index in [1.165, 1.54) is 11.3 Å². The van der Waals surface area contributed by atoms with Gasteiger partial charge in [0.15, 0.2) is 5.13 Å². The second-order valence-corrected chi connectivity index (χ2v) is 8.34. The highest BCUT2D eigenvalue weighted by Crippen LogP contribution is 2.31. The molecular formula is C23H18Cl2N2O2S. The molecule has 152 valence electrons. The molecule has 0 radical (unpaired) electrons. The lowest BCUT2D eigenvalue weighted by Crippen LogP contribution is -2.12. The summed E-state index contributed by atoms with van der Waals surface area (Å²) in [4.78, 5) is 16.8. The summed E-state index contributed by atoms with van der Waals surface area (Å²) in [6.07, 6.45) is 0.890. The Labute approximate surface area is 188 Å². The van der Waals surface area contributed by atoms with Crippen LogP contribution in [-0.4, -0.2) is 17.5 Å². The molecule has 1 aromatic heterocycles. The smallest absolute Gasteiger partial charge is 0.226 e. The van der Waals surface area contributed by atoms with E-state index in [0.717, 1.165) is 22.0 Å². The van der Waals surface area contributed by atoms with Crippen LogP contribution in [0.2, 0.25) is 10.0 Å². The Morgan fingerprint density at radius 2 is 1.90 bits per heavy atom. The standard InChI is InChI=1S/C23H18Cl2N2O2S/c24-16-10-11-21(19(25)13-16)29-12-4-9-22(28)27-23-26-20(14-30-23)18-8-3-6-15-5-1-2-7-17(15)18/h1-3,5-8,10-11,13-14H,4,9,12H2,(H,26,27,28). The minimum atomic E-state index is -0.0976. The molecule has 4 aromatic rings. The molecular weight excluding hydrogens is 439 g/mol. The molecule has 1 amide bonds. The number of nitrogens with one attached hydrogen (secondary N) is 1. The number of carbonyl (C=O) groups excluding carboxylic acids is 1. The van der Waals surface area contributed by atoms with Gasteiger partial charge in [-0.1, -0.05) is 65.7 Å². The van der Waals surface area contributed by atoms with Crippen LogP contribution in [0.15, 0.2) is 66.0 Å². The molecule has 0 bridgehead atoms. The molecule has 0 aliphatic heterocycles. The van der Waals surface area contributed by atoms with E-state index in [-0.39, 0.29) is 5.91 Å². The number of aromatic nitrogens is 1. The first-order valence-corrected chi connectivity index (χ1v) is 11.0. The first-order valence-electron chi connectivity index (χ1n) is 9.41. The fraction of sp³-hybridized carbons (Fsp3) is 0.130. The van der Waals surface area contributed by atoms with Crippen LogP contribution in [0.4, 0.5) is 5.13 Å². The van der Waals surface area contributed by atoms with Gasteiger partial charge in [-0.25, -0.2) is 4.98 Å². The fourth-order valence-corrected chi connectivity index (χ4v) is 4.28. The molecule has 0 aliphatic carbocycles. The van der Waals surface area contributed by atoms with Crippen molar-refractivity contribution in [2.75, 3.05) is 11.9 Å². The number of hydrogen-bond acceptors (Lipinski definition) is 4. The minimum Gasteiger partial charge on any atom is -0.492 e. The van der Waals surface area contributed by atoms with E-state index in [1.807, 2.05) is 29.6 Å². The first-order chi connectivity index (χ1) is 14.6. The van der Waals surface area contributed by atoms with Crippen LogP contribution in [0, 0.1) is 0 Å². The number of thiazole rings is 1. The van der Waals surface area contributed by atoms with E-state index in [2.05, 4.69) is 28.5 Å². The van der Waals surface area contributed by atoms with Crippen molar-refractivity contribution in [1.82, 2.24) is 4.98 Å². The third-order valence-corrected chi connectivity index (χ3v) is 5.80. The molecule has 0 aliphatic rings. The number of nitrogens with zero attached hydrogens (tertiary/aromatic N) is 1. The molecule has 0 fully saturated rings. The minimum absolute atomic E-state index is 0.0976. The van der Waals surface area contributed by atoms with Crippen molar-refractivity contribution in [3.63, 3.8) is 0 Å². The number of carbonyl (C=O) groups is 1. The predicted molar refractivity (Wildman–Crippen MR) is 125 cm³/mol. The van der Waals surface area contributed by atoms with E-state index in [0.29, 0.717) is 40.4 Å². The van der Waals surface area contributed by atoms with E-state index in [9.17, 15) is 4.79 Å². The average molecular weight is 457 g/mol. The Hall–Kier alpha value is -2.60. The zero-order valence-electron chi connectivity index (χ0n) is 15.9. The van der Waals surface area contributed by atoms with Crippen molar-refractivity contribution < 1.29 is 9.53 Å². The van der Waals surface area contributed by atoms with Gasteiger partial charge in [0.2, 0.25) is 5.91 Å². The maximum absolute atomic E-state index is 12.3. The summed E-state index contributed by atoms with van der Waals surface area (Å²) < 4.78 is 5.61. The van der Waals surface area contributed by atoms with Crippen molar-refractivity contribution in [2.24, 2.45) is 0 Å². The number of rotatable bonds is 7. The summed E-state index contributed by atoms with van der Waals surface area (Å²) in [6, 6.07) is 19.4. The highest BCUT2D eigenvalue weighted by molar-refractivity contribution is 7.14. The van der Waals surface area contributed by atoms with Gasteiger partial charge >= 0.3 is 0 Å². The highest BCUT2D eigenvalue weighted by atomic mass is 35.5. The number of halogens is 2. The Morgan fingerprint density at radius 1 is 1.07 bits per heavy atom. The van der Waals surface area contributed by atoms with E-state index >= 15 is 0 Å². The van der Waals surface area contributed by atoms with Crippen molar-refractivity contribution in [3.05, 3.63) is 76.1 Å². The predicted octanol–water partition coefficient (Wildman–Crippen LogP) is 7.07. The van der Waals surface area contributed by atoms with Crippen LogP contribution in [0.25, 0.3) is 22.0 Å². The van der Waals surface area contributed by atoms with Crippen LogP contribution in [0.5, 0.6) is 5.75 Å². The third kappa shape index (κ3) is 4.93. The monoisotopic (exact) mass is 456 g/mol. The summed E-state index contributed by atoms with van der Waals surface area (Å²) in [5, 5.41) is 8.73. The third-order valence-electron chi connectivity index (χ3n) is 4.52. The van der Waals surface area contributed by atoms with Crippen LogP contribution >= 0.6 is 34.5 Å². The van der Waals surface area contributed by atoms with Crippen molar-refractivity contribution in [3.8, 4) is 17.0 Å². The topological polar surface area (TPSA) is 51.2 Å². The summed E-state index contributed by atoms with van der Waals surface area (Å²) in [5.41, 5.74) is 1.91. The molecule has 1 N–H and O–H groups in total. The first kappa shape index (κ1) is 20.7. The lowest BCUT2D eigenvalue weighted by molar-refractivity contribution is -0.116. The van der Waals surface area contributed by atoms with Gasteiger partial charge in [-0.05, 0) is 35.4 Å². The van der Waals surface area contributed by atoms with E-state index in [4.69, 9.17) is 27.9 Å². The van der Waals surface area contributed by atoms with Crippen LogP contribution in [0.1, 0.15) is 12.8 Å². The van der Waals surface area contributed by atoms with Crippen molar-refractivity contribution in [2.45, 2.75) is 12.8 Å². The molecule has 7 heteroatoms. The molecule has 0 saturated carbocycles. The number of amides is 1. The van der Waals surface area contributed by atoms with Gasteiger partial charge in [0.05, 0.1) is 17.3 Å². The summed E-state index contributed by atoms with van der Waals surface area (Å²) in [7, 11) is 0. The Balaban J connectivity index is 1.32. The molecule has 0 atom stereocenters. The fourth-order valence-electron chi connectivity index (χ4n) is 3.09. The van der Waals surface area contributed by atoms with Gasteiger partial charge in [-0.2, -0.15) is 0 Å². The second-order valence-electron chi connectivity index (χ2n) is 6.64. The lowest BCUT2D eigenvalue weighted by atomic mass is 10.0. The van der Waals surface area contributed by atoms with Gasteiger partial charge in [0.1, 0.15) is 5.75 Å². The average Bonchev–Trinajstić information content (AvgIpc) is 3.20. The largest absolute Gasteiger partial charge is 0.492 e. The highest BCUT2D eigenvalue weighted by Gasteiger charge is 2.10. The van der Waals surface area contributed by atoms with E-state index in [1.54, 1.807) is 18.2 Å². The molecule has 0 unspecified atom stereocenters. The normalized spacial score (nSPS) is 10.9. The van der Waals surface area contributed by atoms with Crippen LogP contribution in [0.3, 0.4) is 0 Å². The molecule has 1 heterocycles. The summed E-state index contributed by atoms with van der Waals surface area (Å²) in [5.74, 6) is 0.459. The van der Waals surface area contributed by atoms with Gasteiger partial charge in [0.25, 0.3) is 0 Å². The van der Waals surface area contributed by atoms with Gasteiger partial charge in [0, 0.05) is 22.4 Å². The molecule has 0 saturated heterocycles. The SMILES string of the molecule is O=C(CCCOc1ccc(Cl)cc1Cl)Nc1nc(-c2cccc3ccccc23)cs1. The Kier molecular flexibility index (Phi) is 6.53. The van der Waals surface area contributed by atoms with Gasteiger partial charge in [-0.15, -0.1) is 11.3 Å². The van der Waals surface area contributed by atoms with Crippen molar-refractivity contribution in [1.29, 1.82) is 0 Å². The summed E-state index contributed by atoms with van der Waals surface area (Å²) >= 11 is 13.4. The zero-order chi connectivity index (χ0) is 20.9. The van der Waals surface area contributed by atoms with E-state index < -0.39 is 0 Å². The quantitative estimate of drug-likeness (QED) is 0.302. The maximum Gasteiger partial charge on any atom is 0.226 e. The van der Waals surface area contributed by atoms with Crippen LogP contribution < -0.4 is 10.1 Å². The number of anilines is 1. The molecule has 0 spiro atoms.